The summed E-state index contributed by atoms with van der Waals surface area (Å²) in [6.07, 6.45) is 2.66. The Labute approximate surface area is 137 Å². The van der Waals surface area contributed by atoms with E-state index in [9.17, 15) is 14.3 Å². The van der Waals surface area contributed by atoms with Crippen LogP contribution in [-0.4, -0.2) is 26.1 Å². The summed E-state index contributed by atoms with van der Waals surface area (Å²) in [5, 5.41) is 15.8. The van der Waals surface area contributed by atoms with Gasteiger partial charge in [0, 0.05) is 12.5 Å². The molecule has 0 unspecified atom stereocenters. The van der Waals surface area contributed by atoms with Gasteiger partial charge in [-0.1, -0.05) is 19.6 Å². The first-order valence-electron chi connectivity index (χ1n) is 6.76. The highest BCUT2D eigenvalue weighted by molar-refractivity contribution is 6.05. The summed E-state index contributed by atoms with van der Waals surface area (Å²) in [7, 11) is 0. The Balaban J connectivity index is 0.00000208. The molecule has 0 fully saturated rings. The highest BCUT2D eigenvalue weighted by Crippen LogP contribution is 2.16. The summed E-state index contributed by atoms with van der Waals surface area (Å²) in [6.45, 7) is 0. The zero-order valence-corrected chi connectivity index (χ0v) is 11.9. The van der Waals surface area contributed by atoms with Gasteiger partial charge < -0.3 is 9.52 Å². The van der Waals surface area contributed by atoms with Crippen LogP contribution in [0.5, 0.6) is 0 Å². The van der Waals surface area contributed by atoms with E-state index in [1.807, 2.05) is 0 Å². The number of aliphatic hydroxyl groups is 1. The van der Waals surface area contributed by atoms with Crippen molar-refractivity contribution in [2.75, 3.05) is 0 Å². The molecule has 3 aromatic rings. The van der Waals surface area contributed by atoms with Crippen LogP contribution in [0.2, 0.25) is 0 Å². The number of carbonyl (C=O) groups excluding carboxylic acids is 1. The molecule has 0 atom stereocenters. The highest BCUT2D eigenvalue weighted by Gasteiger charge is 2.12. The summed E-state index contributed by atoms with van der Waals surface area (Å²) >= 11 is 0. The third-order valence-electron chi connectivity index (χ3n) is 3.12. The molecule has 0 spiro atoms. The lowest BCUT2D eigenvalue weighted by molar-refractivity contribution is 0.101. The van der Waals surface area contributed by atoms with Gasteiger partial charge in [0.1, 0.15) is 17.9 Å². The van der Waals surface area contributed by atoms with Gasteiger partial charge in [-0.15, -0.1) is 0 Å². The minimum Gasteiger partial charge on any atom is -0.504 e. The largest absolute Gasteiger partial charge is 0.504 e. The maximum Gasteiger partial charge on any atom is 0.224 e. The summed E-state index contributed by atoms with van der Waals surface area (Å²) in [4.78, 5) is 15.8. The predicted octanol–water partition coefficient (Wildman–Crippen LogP) is 3.55. The number of nitrogens with one attached hydrogen (secondary N) is 1. The number of hydrogen-bond acceptors (Lipinski definition) is 5. The molecule has 6 nitrogen and oxygen atoms in total. The Kier molecular flexibility index (Phi) is 5.26. The fraction of sp³-hybridized carbons (Fsp3) is 0.118. The zero-order valence-electron chi connectivity index (χ0n) is 11.9. The highest BCUT2D eigenvalue weighted by atomic mass is 19.1. The Morgan fingerprint density at radius 2 is 2.00 bits per heavy atom. The molecular formula is C17H16FN3O3. The molecule has 124 valence electrons. The first-order chi connectivity index (χ1) is 11.1. The van der Waals surface area contributed by atoms with Gasteiger partial charge in [0.05, 0.1) is 0 Å². The van der Waals surface area contributed by atoms with Gasteiger partial charge >= 0.3 is 0 Å². The molecule has 0 aliphatic rings. The number of aromatic amines is 1. The van der Waals surface area contributed by atoms with Crippen molar-refractivity contribution in [2.45, 2.75) is 13.8 Å². The first kappa shape index (κ1) is 17.1. The van der Waals surface area contributed by atoms with Crippen molar-refractivity contribution < 1.29 is 18.7 Å². The minimum absolute atomic E-state index is 0. The number of allylic oxidation sites excluding steroid dienone is 1. The Morgan fingerprint density at radius 1 is 1.25 bits per heavy atom. The molecule has 0 bridgehead atoms. The lowest BCUT2D eigenvalue weighted by atomic mass is 10.1. The molecule has 7 heteroatoms. The lowest BCUT2D eigenvalue weighted by Gasteiger charge is -1.98. The van der Waals surface area contributed by atoms with Gasteiger partial charge in [-0.3, -0.25) is 9.89 Å². The van der Waals surface area contributed by atoms with Crippen molar-refractivity contribution >= 4 is 11.5 Å². The maximum atomic E-state index is 12.9. The van der Waals surface area contributed by atoms with Crippen molar-refractivity contribution in [3.63, 3.8) is 0 Å². The molecule has 1 aromatic carbocycles. The minimum atomic E-state index is -0.496. The topological polar surface area (TPSA) is 92.0 Å². The van der Waals surface area contributed by atoms with Gasteiger partial charge in [0.15, 0.2) is 17.3 Å². The number of hydrogen-bond donors (Lipinski definition) is 2. The molecule has 24 heavy (non-hydrogen) atoms. The average molecular weight is 329 g/mol. The molecule has 0 saturated carbocycles. The quantitative estimate of drug-likeness (QED) is 0.424. The SMILES string of the molecule is C.O=C(C=C(O)c1ncn[nH]1)c1ccc(Cc2ccc(F)cc2)o1. The third kappa shape index (κ3) is 3.95. The van der Waals surface area contributed by atoms with E-state index in [0.29, 0.717) is 12.2 Å². The number of benzene rings is 1. The summed E-state index contributed by atoms with van der Waals surface area (Å²) in [6, 6.07) is 9.20. The van der Waals surface area contributed by atoms with Gasteiger partial charge in [0.25, 0.3) is 0 Å². The Hall–Kier alpha value is -3.22. The Bertz CT molecular complexity index is 836. The van der Waals surface area contributed by atoms with E-state index in [4.69, 9.17) is 4.42 Å². The monoisotopic (exact) mass is 329 g/mol. The summed E-state index contributed by atoms with van der Waals surface area (Å²) in [5.41, 5.74) is 0.861. The van der Waals surface area contributed by atoms with E-state index in [2.05, 4.69) is 15.2 Å². The van der Waals surface area contributed by atoms with Crippen LogP contribution in [-0.2, 0) is 6.42 Å². The van der Waals surface area contributed by atoms with Crippen LogP contribution in [0, 0.1) is 5.82 Å². The van der Waals surface area contributed by atoms with Crippen LogP contribution < -0.4 is 0 Å². The molecule has 2 heterocycles. The number of carbonyl (C=O) groups is 1. The van der Waals surface area contributed by atoms with E-state index < -0.39 is 5.78 Å². The third-order valence-corrected chi connectivity index (χ3v) is 3.12. The van der Waals surface area contributed by atoms with Crippen LogP contribution in [0.25, 0.3) is 5.76 Å². The molecule has 0 amide bonds. The van der Waals surface area contributed by atoms with Gasteiger partial charge in [-0.05, 0) is 29.8 Å². The second-order valence-corrected chi connectivity index (χ2v) is 4.80. The van der Waals surface area contributed by atoms with Gasteiger partial charge in [0.2, 0.25) is 5.78 Å². The number of furan rings is 1. The average Bonchev–Trinajstić information content (AvgIpc) is 3.21. The normalized spacial score (nSPS) is 11.1. The maximum absolute atomic E-state index is 12.9. The number of H-pyrrole nitrogens is 1. The van der Waals surface area contributed by atoms with Crippen LogP contribution in [0.1, 0.15) is 35.1 Å². The second kappa shape index (κ2) is 7.36. The van der Waals surface area contributed by atoms with E-state index in [-0.39, 0.29) is 30.6 Å². The van der Waals surface area contributed by atoms with Crippen LogP contribution in [0.15, 0.2) is 53.2 Å². The standard InChI is InChI=1S/C16H12FN3O3.CH4/c17-11-3-1-10(2-4-11)7-12-5-6-15(23-12)13(21)8-14(22)16-18-9-19-20-16;/h1-6,8-9,22H,7H2,(H,18,19,20);1H4. The van der Waals surface area contributed by atoms with Crippen molar-refractivity contribution in [3.8, 4) is 0 Å². The fourth-order valence-electron chi connectivity index (χ4n) is 2.00. The first-order valence-corrected chi connectivity index (χ1v) is 6.76. The zero-order chi connectivity index (χ0) is 16.2. The van der Waals surface area contributed by atoms with Crippen molar-refractivity contribution in [1.82, 2.24) is 15.2 Å². The summed E-state index contributed by atoms with van der Waals surface area (Å²) < 4.78 is 18.3. The smallest absolute Gasteiger partial charge is 0.224 e. The molecule has 2 aromatic heterocycles. The molecule has 3 rings (SSSR count). The molecule has 2 N–H and O–H groups in total. The van der Waals surface area contributed by atoms with E-state index in [1.165, 1.54) is 24.5 Å². The lowest BCUT2D eigenvalue weighted by Crippen LogP contribution is -1.96. The fourth-order valence-corrected chi connectivity index (χ4v) is 2.00. The number of halogens is 1. The number of aromatic nitrogens is 3. The molecule has 0 aliphatic heterocycles. The molecule has 0 radical (unpaired) electrons. The second-order valence-electron chi connectivity index (χ2n) is 4.80. The van der Waals surface area contributed by atoms with E-state index in [0.717, 1.165) is 11.6 Å². The Morgan fingerprint density at radius 3 is 2.67 bits per heavy atom. The number of nitrogens with zero attached hydrogens (tertiary/aromatic N) is 2. The van der Waals surface area contributed by atoms with Crippen molar-refractivity contribution in [2.24, 2.45) is 0 Å². The molecular weight excluding hydrogens is 313 g/mol. The van der Waals surface area contributed by atoms with Gasteiger partial charge in [-0.25, -0.2) is 9.37 Å². The predicted molar refractivity (Wildman–Crippen MR) is 86.0 cm³/mol. The van der Waals surface area contributed by atoms with Crippen LogP contribution in [0.4, 0.5) is 4.39 Å². The van der Waals surface area contributed by atoms with Gasteiger partial charge in [-0.2, -0.15) is 5.10 Å². The summed E-state index contributed by atoms with van der Waals surface area (Å²) in [5.74, 6) is -0.387. The molecule has 0 saturated heterocycles. The number of rotatable bonds is 5. The van der Waals surface area contributed by atoms with E-state index >= 15 is 0 Å². The molecule has 0 aliphatic carbocycles. The van der Waals surface area contributed by atoms with Crippen LogP contribution in [0.3, 0.4) is 0 Å². The number of ketones is 1. The van der Waals surface area contributed by atoms with Crippen molar-refractivity contribution in [1.29, 1.82) is 0 Å². The van der Waals surface area contributed by atoms with Crippen LogP contribution >= 0.6 is 0 Å². The van der Waals surface area contributed by atoms with Crippen molar-refractivity contribution in [3.05, 3.63) is 77.5 Å². The van der Waals surface area contributed by atoms with E-state index in [1.54, 1.807) is 18.2 Å². The number of aliphatic hydroxyl groups excluding tert-OH is 1.